The molecule has 0 atom stereocenters. The van der Waals surface area contributed by atoms with E-state index in [0.29, 0.717) is 51.0 Å². The first-order valence-corrected chi connectivity index (χ1v) is 12.0. The maximum Gasteiger partial charge on any atom is 0.409 e. The molecule has 1 saturated heterocycles. The molecular weight excluding hydrogens is 430 g/mol. The number of benzene rings is 2. The number of carbonyl (C=O) groups excluding carboxylic acids is 2. The lowest BCUT2D eigenvalue weighted by atomic mass is 10.2. The average molecular weight is 464 g/mol. The zero-order valence-electron chi connectivity index (χ0n) is 20.2. The molecule has 7 heteroatoms. The van der Waals surface area contributed by atoms with Crippen LogP contribution in [0, 0.1) is 5.92 Å². The zero-order chi connectivity index (χ0) is 24.1. The Morgan fingerprint density at radius 1 is 0.941 bits per heavy atom. The van der Waals surface area contributed by atoms with Crippen LogP contribution in [0.2, 0.25) is 0 Å². The number of fused-ring (bicyclic) bond motifs is 1. The first kappa shape index (κ1) is 23.7. The van der Waals surface area contributed by atoms with Crippen molar-refractivity contribution in [3.05, 3.63) is 65.9 Å². The van der Waals surface area contributed by atoms with E-state index >= 15 is 0 Å². The van der Waals surface area contributed by atoms with Crippen molar-refractivity contribution < 1.29 is 19.1 Å². The van der Waals surface area contributed by atoms with Gasteiger partial charge >= 0.3 is 6.09 Å². The molecule has 1 aliphatic rings. The molecular formula is C27H33N3O4. The molecule has 0 unspecified atom stereocenters. The Labute approximate surface area is 200 Å². The fraction of sp³-hybridized carbons (Fsp3) is 0.407. The van der Waals surface area contributed by atoms with Crippen molar-refractivity contribution in [1.82, 2.24) is 14.4 Å². The molecule has 0 bridgehead atoms. The summed E-state index contributed by atoms with van der Waals surface area (Å²) in [6.07, 6.45) is -0.316. The van der Waals surface area contributed by atoms with E-state index < -0.39 is 0 Å². The summed E-state index contributed by atoms with van der Waals surface area (Å²) in [4.78, 5) is 29.1. The SMILES string of the molecule is CCOC(=O)N1CCN(C(=O)c2cc3c(OCc4ccccc4)cccc3n2CC(C)C)CC1. The monoisotopic (exact) mass is 463 g/mol. The van der Waals surface area contributed by atoms with Crippen molar-refractivity contribution in [2.75, 3.05) is 32.8 Å². The van der Waals surface area contributed by atoms with E-state index in [1.54, 1.807) is 11.8 Å². The van der Waals surface area contributed by atoms with Crippen LogP contribution in [0.5, 0.6) is 5.75 Å². The number of aromatic nitrogens is 1. The first-order chi connectivity index (χ1) is 16.5. The van der Waals surface area contributed by atoms with Gasteiger partial charge in [0.2, 0.25) is 0 Å². The van der Waals surface area contributed by atoms with Gasteiger partial charge in [0.25, 0.3) is 5.91 Å². The molecule has 1 fully saturated rings. The minimum Gasteiger partial charge on any atom is -0.488 e. The molecule has 7 nitrogen and oxygen atoms in total. The highest BCUT2D eigenvalue weighted by molar-refractivity contribution is 6.00. The molecule has 1 aliphatic heterocycles. The van der Waals surface area contributed by atoms with Gasteiger partial charge in [0.05, 0.1) is 12.1 Å². The molecule has 0 saturated carbocycles. The van der Waals surface area contributed by atoms with E-state index in [9.17, 15) is 9.59 Å². The highest BCUT2D eigenvalue weighted by atomic mass is 16.6. The number of amides is 2. The van der Waals surface area contributed by atoms with Crippen molar-refractivity contribution in [2.24, 2.45) is 5.92 Å². The van der Waals surface area contributed by atoms with Crippen molar-refractivity contribution in [1.29, 1.82) is 0 Å². The molecule has 0 aliphatic carbocycles. The van der Waals surface area contributed by atoms with Crippen molar-refractivity contribution in [3.63, 3.8) is 0 Å². The van der Waals surface area contributed by atoms with Gasteiger partial charge in [-0.25, -0.2) is 4.79 Å². The van der Waals surface area contributed by atoms with E-state index in [0.717, 1.165) is 28.8 Å². The second kappa shape index (κ2) is 10.6. The molecule has 2 heterocycles. The minimum atomic E-state index is -0.316. The lowest BCUT2D eigenvalue weighted by Gasteiger charge is -2.34. The minimum absolute atomic E-state index is 0.0191. The molecule has 0 spiro atoms. The maximum absolute atomic E-state index is 13.6. The normalized spacial score (nSPS) is 14.0. The molecule has 0 N–H and O–H groups in total. The van der Waals surface area contributed by atoms with Gasteiger partial charge in [-0.15, -0.1) is 0 Å². The quantitative estimate of drug-likeness (QED) is 0.505. The maximum atomic E-state index is 13.6. The predicted molar refractivity (Wildman–Crippen MR) is 132 cm³/mol. The summed E-state index contributed by atoms with van der Waals surface area (Å²) in [6.45, 7) is 9.55. The van der Waals surface area contributed by atoms with Gasteiger partial charge in [-0.1, -0.05) is 50.2 Å². The van der Waals surface area contributed by atoms with E-state index in [1.165, 1.54) is 0 Å². The molecule has 1 aromatic heterocycles. The molecule has 180 valence electrons. The molecule has 3 aromatic rings. The highest BCUT2D eigenvalue weighted by Gasteiger charge is 2.28. The van der Waals surface area contributed by atoms with Gasteiger partial charge < -0.3 is 23.8 Å². The lowest BCUT2D eigenvalue weighted by Crippen LogP contribution is -2.51. The topological polar surface area (TPSA) is 64.0 Å². The molecule has 2 aromatic carbocycles. The first-order valence-electron chi connectivity index (χ1n) is 12.0. The number of rotatable bonds is 7. The number of piperazine rings is 1. The van der Waals surface area contributed by atoms with Crippen LogP contribution in [0.25, 0.3) is 10.9 Å². The number of nitrogens with zero attached hydrogens (tertiary/aromatic N) is 3. The largest absolute Gasteiger partial charge is 0.488 e. The van der Waals surface area contributed by atoms with E-state index in [-0.39, 0.29) is 12.0 Å². The fourth-order valence-corrected chi connectivity index (χ4v) is 4.33. The van der Waals surface area contributed by atoms with Crippen LogP contribution in [-0.2, 0) is 17.9 Å². The van der Waals surface area contributed by atoms with E-state index in [1.807, 2.05) is 59.5 Å². The second-order valence-corrected chi connectivity index (χ2v) is 8.98. The predicted octanol–water partition coefficient (Wildman–Crippen LogP) is 4.79. The number of carbonyl (C=O) groups is 2. The summed E-state index contributed by atoms with van der Waals surface area (Å²) in [5, 5.41) is 0.938. The third kappa shape index (κ3) is 5.19. The van der Waals surface area contributed by atoms with Crippen LogP contribution in [0.3, 0.4) is 0 Å². The Bertz CT molecular complexity index is 1130. The van der Waals surface area contributed by atoms with E-state index in [2.05, 4.69) is 18.4 Å². The number of hydrogen-bond donors (Lipinski definition) is 0. The average Bonchev–Trinajstić information content (AvgIpc) is 3.21. The fourth-order valence-electron chi connectivity index (χ4n) is 4.33. The van der Waals surface area contributed by atoms with Crippen LogP contribution in [-0.4, -0.2) is 59.2 Å². The molecule has 4 rings (SSSR count). The van der Waals surface area contributed by atoms with Crippen LogP contribution in [0.15, 0.2) is 54.6 Å². The highest BCUT2D eigenvalue weighted by Crippen LogP contribution is 2.31. The van der Waals surface area contributed by atoms with Gasteiger partial charge in [-0.05, 0) is 36.6 Å². The smallest absolute Gasteiger partial charge is 0.409 e. The van der Waals surface area contributed by atoms with Crippen LogP contribution < -0.4 is 4.74 Å². The Balaban J connectivity index is 1.58. The zero-order valence-corrected chi connectivity index (χ0v) is 20.2. The Hall–Kier alpha value is -3.48. The molecule has 0 radical (unpaired) electrons. The van der Waals surface area contributed by atoms with E-state index in [4.69, 9.17) is 9.47 Å². The Kier molecular flexibility index (Phi) is 7.40. The summed E-state index contributed by atoms with van der Waals surface area (Å²) >= 11 is 0. The van der Waals surface area contributed by atoms with Gasteiger partial charge in [-0.2, -0.15) is 0 Å². The summed E-state index contributed by atoms with van der Waals surface area (Å²) in [6, 6.07) is 18.0. The second-order valence-electron chi connectivity index (χ2n) is 8.98. The van der Waals surface area contributed by atoms with Crippen LogP contribution in [0.4, 0.5) is 4.79 Å². The summed E-state index contributed by atoms with van der Waals surface area (Å²) in [5.74, 6) is 1.12. The van der Waals surface area contributed by atoms with Crippen LogP contribution in [0.1, 0.15) is 36.8 Å². The number of hydrogen-bond acceptors (Lipinski definition) is 4. The Morgan fingerprint density at radius 3 is 2.32 bits per heavy atom. The van der Waals surface area contributed by atoms with Crippen LogP contribution >= 0.6 is 0 Å². The third-order valence-corrected chi connectivity index (χ3v) is 6.00. The Morgan fingerprint density at radius 2 is 1.65 bits per heavy atom. The third-order valence-electron chi connectivity index (χ3n) is 6.00. The summed E-state index contributed by atoms with van der Waals surface area (Å²) in [7, 11) is 0. The van der Waals surface area contributed by atoms with Crippen molar-refractivity contribution in [3.8, 4) is 5.75 Å². The van der Waals surface area contributed by atoms with Gasteiger partial charge in [-0.3, -0.25) is 4.79 Å². The number of ether oxygens (including phenoxy) is 2. The van der Waals surface area contributed by atoms with Crippen molar-refractivity contribution in [2.45, 2.75) is 33.9 Å². The summed E-state index contributed by atoms with van der Waals surface area (Å²) < 4.78 is 13.4. The summed E-state index contributed by atoms with van der Waals surface area (Å²) in [5.41, 5.74) is 2.74. The van der Waals surface area contributed by atoms with Gasteiger partial charge in [0.1, 0.15) is 18.1 Å². The standard InChI is InChI=1S/C27H33N3O4/c1-4-33-27(32)29-15-13-28(14-16-29)26(31)24-17-22-23(30(24)18-20(2)3)11-8-12-25(22)34-19-21-9-6-5-7-10-21/h5-12,17,20H,4,13-16,18-19H2,1-3H3. The van der Waals surface area contributed by atoms with Crippen molar-refractivity contribution >= 4 is 22.9 Å². The van der Waals surface area contributed by atoms with Gasteiger partial charge in [0.15, 0.2) is 0 Å². The lowest BCUT2D eigenvalue weighted by molar-refractivity contribution is 0.0562. The molecule has 34 heavy (non-hydrogen) atoms. The van der Waals surface area contributed by atoms with Gasteiger partial charge in [0, 0.05) is 38.1 Å². The molecule has 2 amide bonds.